The molecule has 1 heterocycles. The van der Waals surface area contributed by atoms with Gasteiger partial charge in [0.2, 0.25) is 0 Å². The summed E-state index contributed by atoms with van der Waals surface area (Å²) in [6, 6.07) is 5.39. The summed E-state index contributed by atoms with van der Waals surface area (Å²) in [5, 5.41) is 11.5. The Hall–Kier alpha value is -2.22. The number of ether oxygens (including phenoxy) is 2. The summed E-state index contributed by atoms with van der Waals surface area (Å²) in [6.45, 7) is 1.92. The van der Waals surface area contributed by atoms with E-state index in [1.54, 1.807) is 19.2 Å². The molecule has 7 nitrogen and oxygen atoms in total. The number of esters is 1. The Labute approximate surface area is 129 Å². The van der Waals surface area contributed by atoms with Gasteiger partial charge in [-0.25, -0.2) is 9.47 Å². The van der Waals surface area contributed by atoms with E-state index in [1.807, 2.05) is 12.1 Å². The molecule has 2 rings (SSSR count). The second-order valence-electron chi connectivity index (χ2n) is 3.86. The molecule has 0 unspecified atom stereocenters. The number of aromatic nitrogens is 3. The van der Waals surface area contributed by atoms with Gasteiger partial charge in [0.05, 0.1) is 12.8 Å². The summed E-state index contributed by atoms with van der Waals surface area (Å²) in [6.07, 6.45) is 4.52. The van der Waals surface area contributed by atoms with Gasteiger partial charge in [0.15, 0.2) is 6.61 Å². The SMILES string of the molecule is CCOC(=O)COc1ccc(Br)cc1/C=N/n1cnnc1. The van der Waals surface area contributed by atoms with Crippen LogP contribution in [0.2, 0.25) is 0 Å². The Kier molecular flexibility index (Phi) is 5.44. The fourth-order valence-corrected chi connectivity index (χ4v) is 1.85. The highest BCUT2D eigenvalue weighted by Crippen LogP contribution is 2.22. The lowest BCUT2D eigenvalue weighted by atomic mass is 10.2. The first-order chi connectivity index (χ1) is 10.2. The minimum atomic E-state index is -0.415. The zero-order valence-corrected chi connectivity index (χ0v) is 12.9. The molecule has 2 aromatic rings. The van der Waals surface area contributed by atoms with Gasteiger partial charge < -0.3 is 9.47 Å². The number of halogens is 1. The zero-order valence-electron chi connectivity index (χ0n) is 11.3. The van der Waals surface area contributed by atoms with Crippen molar-refractivity contribution in [3.8, 4) is 5.75 Å². The van der Waals surface area contributed by atoms with E-state index in [2.05, 4.69) is 31.2 Å². The second kappa shape index (κ2) is 7.53. The summed E-state index contributed by atoms with van der Waals surface area (Å²) in [5.41, 5.74) is 0.711. The Morgan fingerprint density at radius 1 is 1.43 bits per heavy atom. The molecule has 0 atom stereocenters. The van der Waals surface area contributed by atoms with Gasteiger partial charge in [0, 0.05) is 10.0 Å². The molecule has 1 aromatic heterocycles. The molecule has 0 aliphatic carbocycles. The topological polar surface area (TPSA) is 78.6 Å². The molecule has 0 saturated heterocycles. The van der Waals surface area contributed by atoms with Gasteiger partial charge in [-0.2, -0.15) is 5.10 Å². The molecule has 21 heavy (non-hydrogen) atoms. The van der Waals surface area contributed by atoms with Crippen LogP contribution in [-0.2, 0) is 9.53 Å². The highest BCUT2D eigenvalue weighted by atomic mass is 79.9. The summed E-state index contributed by atoms with van der Waals surface area (Å²) < 4.78 is 12.6. The molecule has 1 aromatic carbocycles. The lowest BCUT2D eigenvalue weighted by Gasteiger charge is -2.08. The molecule has 0 saturated carbocycles. The molecule has 8 heteroatoms. The van der Waals surface area contributed by atoms with Crippen molar-refractivity contribution >= 4 is 28.1 Å². The van der Waals surface area contributed by atoms with Crippen LogP contribution in [0.15, 0.2) is 40.4 Å². The minimum Gasteiger partial charge on any atom is -0.481 e. The summed E-state index contributed by atoms with van der Waals surface area (Å²) in [4.78, 5) is 11.3. The maximum Gasteiger partial charge on any atom is 0.344 e. The van der Waals surface area contributed by atoms with Gasteiger partial charge >= 0.3 is 5.97 Å². The van der Waals surface area contributed by atoms with Crippen molar-refractivity contribution in [2.45, 2.75) is 6.92 Å². The van der Waals surface area contributed by atoms with Gasteiger partial charge in [-0.05, 0) is 25.1 Å². The number of carbonyl (C=O) groups is 1. The number of rotatable bonds is 6. The lowest BCUT2D eigenvalue weighted by molar-refractivity contribution is -0.145. The molecular weight excluding hydrogens is 340 g/mol. The van der Waals surface area contributed by atoms with Gasteiger partial charge in [-0.3, -0.25) is 0 Å². The van der Waals surface area contributed by atoms with E-state index in [0.29, 0.717) is 17.9 Å². The second-order valence-corrected chi connectivity index (χ2v) is 4.78. The van der Waals surface area contributed by atoms with Crippen LogP contribution in [0.3, 0.4) is 0 Å². The van der Waals surface area contributed by atoms with Crippen LogP contribution < -0.4 is 4.74 Å². The number of carbonyl (C=O) groups excluding carboxylic acids is 1. The first-order valence-corrected chi connectivity index (χ1v) is 6.95. The third kappa shape index (κ3) is 4.67. The lowest BCUT2D eigenvalue weighted by Crippen LogP contribution is -2.15. The fraction of sp³-hybridized carbons (Fsp3) is 0.231. The van der Waals surface area contributed by atoms with Crippen molar-refractivity contribution in [3.05, 3.63) is 40.9 Å². The van der Waals surface area contributed by atoms with E-state index in [1.165, 1.54) is 17.3 Å². The first-order valence-electron chi connectivity index (χ1n) is 6.16. The van der Waals surface area contributed by atoms with Crippen molar-refractivity contribution < 1.29 is 14.3 Å². The smallest absolute Gasteiger partial charge is 0.344 e. The van der Waals surface area contributed by atoms with Gasteiger partial charge in [-0.15, -0.1) is 10.2 Å². The van der Waals surface area contributed by atoms with E-state index in [-0.39, 0.29) is 6.61 Å². The van der Waals surface area contributed by atoms with E-state index < -0.39 is 5.97 Å². The van der Waals surface area contributed by atoms with Crippen LogP contribution in [0.5, 0.6) is 5.75 Å². The van der Waals surface area contributed by atoms with E-state index in [9.17, 15) is 4.79 Å². The van der Waals surface area contributed by atoms with Crippen LogP contribution in [0.4, 0.5) is 0 Å². The molecule has 0 spiro atoms. The molecule has 0 N–H and O–H groups in total. The maximum atomic E-state index is 11.3. The van der Waals surface area contributed by atoms with Crippen LogP contribution in [0, 0.1) is 0 Å². The molecule has 0 aliphatic rings. The summed E-state index contributed by atoms with van der Waals surface area (Å²) in [7, 11) is 0. The molecule has 110 valence electrons. The van der Waals surface area contributed by atoms with Crippen LogP contribution in [0.25, 0.3) is 0 Å². The average molecular weight is 353 g/mol. The van der Waals surface area contributed by atoms with Crippen molar-refractivity contribution in [2.24, 2.45) is 5.10 Å². The van der Waals surface area contributed by atoms with E-state index in [4.69, 9.17) is 9.47 Å². The van der Waals surface area contributed by atoms with Crippen molar-refractivity contribution in [3.63, 3.8) is 0 Å². The monoisotopic (exact) mass is 352 g/mol. The molecule has 0 amide bonds. The normalized spacial score (nSPS) is 10.8. The van der Waals surface area contributed by atoms with E-state index in [0.717, 1.165) is 4.47 Å². The quantitative estimate of drug-likeness (QED) is 0.585. The van der Waals surface area contributed by atoms with Crippen molar-refractivity contribution in [1.82, 2.24) is 14.9 Å². The zero-order chi connectivity index (χ0) is 15.1. The largest absolute Gasteiger partial charge is 0.481 e. The van der Waals surface area contributed by atoms with Gasteiger partial charge in [-0.1, -0.05) is 15.9 Å². The Morgan fingerprint density at radius 3 is 2.90 bits per heavy atom. The van der Waals surface area contributed by atoms with Crippen LogP contribution in [0.1, 0.15) is 12.5 Å². The Bertz CT molecular complexity index is 628. The maximum absolute atomic E-state index is 11.3. The Morgan fingerprint density at radius 2 is 2.19 bits per heavy atom. The number of hydrogen-bond acceptors (Lipinski definition) is 6. The highest BCUT2D eigenvalue weighted by molar-refractivity contribution is 9.10. The van der Waals surface area contributed by atoms with E-state index >= 15 is 0 Å². The van der Waals surface area contributed by atoms with Crippen LogP contribution in [-0.4, -0.2) is 40.3 Å². The first kappa shape index (κ1) is 15.2. The number of benzene rings is 1. The fourth-order valence-electron chi connectivity index (χ4n) is 1.47. The highest BCUT2D eigenvalue weighted by Gasteiger charge is 2.07. The third-order valence-corrected chi connectivity index (χ3v) is 2.85. The Balaban J connectivity index is 2.11. The van der Waals surface area contributed by atoms with Crippen LogP contribution >= 0.6 is 15.9 Å². The number of hydrogen-bond donors (Lipinski definition) is 0. The minimum absolute atomic E-state index is 0.150. The molecule has 0 aliphatic heterocycles. The summed E-state index contributed by atoms with van der Waals surface area (Å²) >= 11 is 3.38. The standard InChI is InChI=1S/C13H13BrN4O3/c1-2-20-13(19)7-21-12-4-3-11(14)5-10(12)6-17-18-8-15-16-9-18/h3-6,8-9H,2,7H2,1H3/b17-6+. The van der Waals surface area contributed by atoms with Gasteiger partial charge in [0.25, 0.3) is 0 Å². The predicted molar refractivity (Wildman–Crippen MR) is 79.3 cm³/mol. The number of nitrogens with zero attached hydrogens (tertiary/aromatic N) is 4. The molecule has 0 radical (unpaired) electrons. The van der Waals surface area contributed by atoms with Gasteiger partial charge in [0.1, 0.15) is 18.4 Å². The molecule has 0 bridgehead atoms. The molecular formula is C13H13BrN4O3. The van der Waals surface area contributed by atoms with Crippen molar-refractivity contribution in [2.75, 3.05) is 13.2 Å². The average Bonchev–Trinajstić information content (AvgIpc) is 2.97. The van der Waals surface area contributed by atoms with Crippen molar-refractivity contribution in [1.29, 1.82) is 0 Å². The third-order valence-electron chi connectivity index (χ3n) is 2.36. The predicted octanol–water partition coefficient (Wildman–Crippen LogP) is 1.86. The molecule has 0 fully saturated rings. The summed E-state index contributed by atoms with van der Waals surface area (Å²) in [5.74, 6) is 0.116.